The molecule has 1 heterocycles. The van der Waals surface area contributed by atoms with E-state index in [1.54, 1.807) is 0 Å². The fraction of sp³-hybridized carbons (Fsp3) is 0.824. The number of rotatable bonds is 6. The van der Waals surface area contributed by atoms with E-state index in [1.165, 1.54) is 37.8 Å². The highest BCUT2D eigenvalue weighted by molar-refractivity contribution is 9.10. The van der Waals surface area contributed by atoms with Gasteiger partial charge in [-0.1, -0.05) is 33.1 Å². The van der Waals surface area contributed by atoms with Crippen LogP contribution >= 0.6 is 15.9 Å². The first kappa shape index (κ1) is 17.0. The predicted octanol–water partition coefficient (Wildman–Crippen LogP) is 5.09. The molecule has 1 aromatic rings. The van der Waals surface area contributed by atoms with Crippen LogP contribution in [0.15, 0.2) is 10.7 Å². The molecule has 120 valence electrons. The molecular weight excluding hydrogens is 326 g/mol. The van der Waals surface area contributed by atoms with Crippen LogP contribution in [0, 0.1) is 11.8 Å². The predicted molar refractivity (Wildman–Crippen MR) is 92.5 cm³/mol. The molecule has 0 bridgehead atoms. The van der Waals surface area contributed by atoms with Crippen molar-refractivity contribution in [2.75, 3.05) is 6.54 Å². The fourth-order valence-electron chi connectivity index (χ4n) is 3.77. The average Bonchev–Trinajstić information content (AvgIpc) is 2.86. The van der Waals surface area contributed by atoms with E-state index in [4.69, 9.17) is 0 Å². The number of aromatic nitrogens is 2. The monoisotopic (exact) mass is 355 g/mol. The summed E-state index contributed by atoms with van der Waals surface area (Å²) in [5, 5.41) is 8.33. The molecule has 0 saturated heterocycles. The quantitative estimate of drug-likeness (QED) is 0.769. The normalized spacial score (nSPS) is 24.5. The van der Waals surface area contributed by atoms with E-state index in [2.05, 4.69) is 58.7 Å². The first-order chi connectivity index (χ1) is 10.1. The van der Waals surface area contributed by atoms with E-state index in [0.717, 1.165) is 22.9 Å². The van der Waals surface area contributed by atoms with Crippen molar-refractivity contribution in [2.24, 2.45) is 11.8 Å². The molecule has 1 aromatic heterocycles. The van der Waals surface area contributed by atoms with Crippen LogP contribution in [0.1, 0.15) is 77.6 Å². The van der Waals surface area contributed by atoms with Crippen LogP contribution in [0.25, 0.3) is 0 Å². The fourth-order valence-corrected chi connectivity index (χ4v) is 4.29. The van der Waals surface area contributed by atoms with Crippen molar-refractivity contribution in [3.05, 3.63) is 16.4 Å². The summed E-state index contributed by atoms with van der Waals surface area (Å²) in [5.74, 6) is 1.63. The number of halogens is 1. The molecule has 4 heteroatoms. The Kier molecular flexibility index (Phi) is 6.30. The van der Waals surface area contributed by atoms with Gasteiger partial charge in [-0.3, -0.25) is 4.68 Å². The molecule has 0 radical (unpaired) electrons. The third-order valence-corrected chi connectivity index (χ3v) is 5.48. The number of nitrogens with zero attached hydrogens (tertiary/aromatic N) is 2. The van der Waals surface area contributed by atoms with Gasteiger partial charge < -0.3 is 5.32 Å². The van der Waals surface area contributed by atoms with Crippen molar-refractivity contribution < 1.29 is 0 Å². The van der Waals surface area contributed by atoms with Crippen LogP contribution in [0.4, 0.5) is 0 Å². The Labute approximate surface area is 138 Å². The van der Waals surface area contributed by atoms with E-state index >= 15 is 0 Å². The van der Waals surface area contributed by atoms with Crippen molar-refractivity contribution in [2.45, 2.75) is 71.9 Å². The van der Waals surface area contributed by atoms with Crippen LogP contribution in [-0.4, -0.2) is 16.3 Å². The topological polar surface area (TPSA) is 29.9 Å². The summed E-state index contributed by atoms with van der Waals surface area (Å²) >= 11 is 3.73. The smallest absolute Gasteiger partial charge is 0.0701 e. The minimum Gasteiger partial charge on any atom is -0.309 e. The molecule has 0 aliphatic heterocycles. The van der Waals surface area contributed by atoms with Crippen molar-refractivity contribution >= 4 is 15.9 Å². The second kappa shape index (κ2) is 7.77. The lowest BCUT2D eigenvalue weighted by Gasteiger charge is -2.35. The Morgan fingerprint density at radius 2 is 2.14 bits per heavy atom. The molecule has 0 spiro atoms. The lowest BCUT2D eigenvalue weighted by Crippen LogP contribution is -2.33. The molecule has 1 saturated carbocycles. The number of nitrogens with one attached hydrogen (secondary N) is 1. The molecule has 1 aliphatic rings. The van der Waals surface area contributed by atoms with E-state index in [1.807, 2.05) is 6.20 Å². The third kappa shape index (κ3) is 3.89. The Balaban J connectivity index is 2.28. The highest BCUT2D eigenvalue weighted by atomic mass is 79.9. The first-order valence-electron chi connectivity index (χ1n) is 8.54. The Morgan fingerprint density at radius 1 is 1.38 bits per heavy atom. The number of hydrogen-bond acceptors (Lipinski definition) is 2. The summed E-state index contributed by atoms with van der Waals surface area (Å²) < 4.78 is 3.34. The van der Waals surface area contributed by atoms with Gasteiger partial charge in [0.25, 0.3) is 0 Å². The van der Waals surface area contributed by atoms with Crippen molar-refractivity contribution in [3.8, 4) is 0 Å². The SMILES string of the molecule is CCNC(c1c(Br)cnn1C(C)C)C1CCCC(CC)C1. The summed E-state index contributed by atoms with van der Waals surface area (Å²) in [4.78, 5) is 0. The van der Waals surface area contributed by atoms with Crippen molar-refractivity contribution in [3.63, 3.8) is 0 Å². The largest absolute Gasteiger partial charge is 0.309 e. The minimum atomic E-state index is 0.401. The van der Waals surface area contributed by atoms with Gasteiger partial charge in [0.1, 0.15) is 0 Å². The summed E-state index contributed by atoms with van der Waals surface area (Å²) in [7, 11) is 0. The van der Waals surface area contributed by atoms with E-state index in [-0.39, 0.29) is 0 Å². The van der Waals surface area contributed by atoms with Gasteiger partial charge in [0.2, 0.25) is 0 Å². The van der Waals surface area contributed by atoms with Crippen LogP contribution in [-0.2, 0) is 0 Å². The average molecular weight is 356 g/mol. The molecule has 3 nitrogen and oxygen atoms in total. The van der Waals surface area contributed by atoms with Gasteiger partial charge in [0.15, 0.2) is 0 Å². The Bertz CT molecular complexity index is 441. The molecular formula is C17H30BrN3. The van der Waals surface area contributed by atoms with Crippen molar-refractivity contribution in [1.82, 2.24) is 15.1 Å². The zero-order valence-electron chi connectivity index (χ0n) is 13.9. The molecule has 1 fully saturated rings. The van der Waals surface area contributed by atoms with Crippen LogP contribution in [0.3, 0.4) is 0 Å². The van der Waals surface area contributed by atoms with E-state index in [9.17, 15) is 0 Å². The van der Waals surface area contributed by atoms with Crippen LogP contribution in [0.5, 0.6) is 0 Å². The van der Waals surface area contributed by atoms with Gasteiger partial charge in [0.05, 0.1) is 22.4 Å². The summed E-state index contributed by atoms with van der Waals surface area (Å²) in [6.07, 6.45) is 8.75. The van der Waals surface area contributed by atoms with E-state index < -0.39 is 0 Å². The summed E-state index contributed by atoms with van der Waals surface area (Å²) in [5.41, 5.74) is 1.34. The molecule has 1 N–H and O–H groups in total. The Hall–Kier alpha value is -0.350. The molecule has 3 atom stereocenters. The molecule has 1 aliphatic carbocycles. The van der Waals surface area contributed by atoms with E-state index in [0.29, 0.717) is 12.1 Å². The lowest BCUT2D eigenvalue weighted by molar-refractivity contribution is 0.203. The van der Waals surface area contributed by atoms with Gasteiger partial charge in [-0.2, -0.15) is 5.10 Å². The van der Waals surface area contributed by atoms with Crippen molar-refractivity contribution in [1.29, 1.82) is 0 Å². The molecule has 0 aromatic carbocycles. The maximum absolute atomic E-state index is 4.58. The highest BCUT2D eigenvalue weighted by Gasteiger charge is 2.32. The second-order valence-electron chi connectivity index (χ2n) is 6.65. The Morgan fingerprint density at radius 3 is 2.76 bits per heavy atom. The van der Waals surface area contributed by atoms with Gasteiger partial charge in [0, 0.05) is 6.04 Å². The summed E-state index contributed by atoms with van der Waals surface area (Å²) in [6, 6.07) is 0.821. The standard InChI is InChI=1S/C17H30BrN3/c1-5-13-8-7-9-14(10-13)16(19-6-2)17-15(18)11-20-21(17)12(3)4/h11-14,16,19H,5-10H2,1-4H3. The molecule has 2 rings (SSSR count). The molecule has 0 amide bonds. The highest BCUT2D eigenvalue weighted by Crippen LogP contribution is 2.40. The molecule has 3 unspecified atom stereocenters. The van der Waals surface area contributed by atoms with Crippen LogP contribution in [0.2, 0.25) is 0 Å². The van der Waals surface area contributed by atoms with Crippen LogP contribution < -0.4 is 5.32 Å². The number of hydrogen-bond donors (Lipinski definition) is 1. The summed E-state index contributed by atoms with van der Waals surface area (Å²) in [6.45, 7) is 9.97. The minimum absolute atomic E-state index is 0.401. The van der Waals surface area contributed by atoms with Gasteiger partial charge in [-0.05, 0) is 61.0 Å². The zero-order chi connectivity index (χ0) is 15.4. The maximum atomic E-state index is 4.58. The third-order valence-electron chi connectivity index (χ3n) is 4.87. The van der Waals surface area contributed by atoms with Gasteiger partial charge in [-0.15, -0.1) is 0 Å². The first-order valence-corrected chi connectivity index (χ1v) is 9.34. The molecule has 21 heavy (non-hydrogen) atoms. The zero-order valence-corrected chi connectivity index (χ0v) is 15.5. The van der Waals surface area contributed by atoms with Gasteiger partial charge in [-0.25, -0.2) is 0 Å². The van der Waals surface area contributed by atoms with Gasteiger partial charge >= 0.3 is 0 Å². The second-order valence-corrected chi connectivity index (χ2v) is 7.51. The lowest BCUT2D eigenvalue weighted by atomic mass is 9.76. The maximum Gasteiger partial charge on any atom is 0.0701 e.